The molecular formula is C9H19O2-. The van der Waals surface area contributed by atoms with Crippen molar-refractivity contribution in [2.45, 2.75) is 52.7 Å². The molecule has 1 N–H and O–H groups in total. The summed E-state index contributed by atoms with van der Waals surface area (Å²) in [5.41, 5.74) is -0.399. The fourth-order valence-electron chi connectivity index (χ4n) is 1.51. The predicted molar refractivity (Wildman–Crippen MR) is 43.9 cm³/mol. The van der Waals surface area contributed by atoms with Crippen molar-refractivity contribution in [1.29, 1.82) is 0 Å². The van der Waals surface area contributed by atoms with E-state index in [4.69, 9.17) is 5.11 Å². The zero-order valence-corrected chi connectivity index (χ0v) is 7.76. The fraction of sp³-hybridized carbons (Fsp3) is 1.00. The number of rotatable bonds is 5. The molecule has 0 spiro atoms. The monoisotopic (exact) mass is 159 g/mol. The summed E-state index contributed by atoms with van der Waals surface area (Å²) in [5, 5.41) is 19.9. The van der Waals surface area contributed by atoms with E-state index in [2.05, 4.69) is 0 Å². The summed E-state index contributed by atoms with van der Waals surface area (Å²) >= 11 is 0. The van der Waals surface area contributed by atoms with Gasteiger partial charge >= 0.3 is 0 Å². The van der Waals surface area contributed by atoms with Crippen LogP contribution in [-0.4, -0.2) is 11.4 Å². The van der Waals surface area contributed by atoms with Gasteiger partial charge in [-0.2, -0.15) is 0 Å². The Morgan fingerprint density at radius 3 is 1.82 bits per heavy atom. The molecule has 0 aromatic heterocycles. The van der Waals surface area contributed by atoms with E-state index < -0.39 is 11.7 Å². The molecule has 1 unspecified atom stereocenters. The summed E-state index contributed by atoms with van der Waals surface area (Å²) in [5.74, 6) is 0. The Labute approximate surface area is 69.2 Å². The normalized spacial score (nSPS) is 15.0. The molecule has 0 rings (SSSR count). The lowest BCUT2D eigenvalue weighted by molar-refractivity contribution is -0.511. The Kier molecular flexibility index (Phi) is 4.69. The first-order valence-corrected chi connectivity index (χ1v) is 4.40. The van der Waals surface area contributed by atoms with Gasteiger partial charge in [-0.25, -0.2) is 0 Å². The minimum Gasteiger partial charge on any atom is -0.831 e. The zero-order chi connectivity index (χ0) is 8.91. The highest BCUT2D eigenvalue weighted by atomic mass is 16.5. The van der Waals surface area contributed by atoms with Crippen molar-refractivity contribution in [3.05, 3.63) is 0 Å². The van der Waals surface area contributed by atoms with Gasteiger partial charge in [-0.15, -0.1) is 0 Å². The number of hydrogen-bond acceptors (Lipinski definition) is 2. The molecule has 0 aliphatic carbocycles. The van der Waals surface area contributed by atoms with E-state index in [0.29, 0.717) is 0 Å². The topological polar surface area (TPSA) is 43.3 Å². The highest BCUT2D eigenvalue weighted by Gasteiger charge is 2.23. The molecule has 0 saturated carbocycles. The Morgan fingerprint density at radius 1 is 1.27 bits per heavy atom. The number of aliphatic hydroxyl groups excluding tert-OH is 1. The molecule has 0 fully saturated rings. The van der Waals surface area contributed by atoms with E-state index in [9.17, 15) is 5.11 Å². The molecule has 68 valence electrons. The maximum Gasteiger partial charge on any atom is -0.0169 e. The van der Waals surface area contributed by atoms with Crippen LogP contribution in [-0.2, 0) is 0 Å². The molecule has 0 aromatic carbocycles. The van der Waals surface area contributed by atoms with Crippen molar-refractivity contribution < 1.29 is 10.2 Å². The smallest absolute Gasteiger partial charge is 0.0169 e. The third kappa shape index (κ3) is 3.21. The SMILES string of the molecule is CCCC(C)(CCC)C([O-])O. The number of hydrogen-bond donors (Lipinski definition) is 1. The summed E-state index contributed by atoms with van der Waals surface area (Å²) in [4.78, 5) is 0. The second-order valence-corrected chi connectivity index (χ2v) is 3.51. The number of aliphatic hydroxyl groups is 1. The molecule has 0 heterocycles. The predicted octanol–water partition coefficient (Wildman–Crippen LogP) is 1.27. The summed E-state index contributed by atoms with van der Waals surface area (Å²) in [6.45, 7) is 5.95. The van der Waals surface area contributed by atoms with Gasteiger partial charge in [0.05, 0.1) is 0 Å². The van der Waals surface area contributed by atoms with Gasteiger partial charge in [-0.05, 0) is 24.5 Å². The molecule has 0 bridgehead atoms. The van der Waals surface area contributed by atoms with E-state index >= 15 is 0 Å². The van der Waals surface area contributed by atoms with Crippen LogP contribution in [0.25, 0.3) is 0 Å². The van der Waals surface area contributed by atoms with Crippen LogP contribution in [0.15, 0.2) is 0 Å². The van der Waals surface area contributed by atoms with E-state index in [1.165, 1.54) is 0 Å². The van der Waals surface area contributed by atoms with Crippen molar-refractivity contribution >= 4 is 0 Å². The summed E-state index contributed by atoms with van der Waals surface area (Å²) in [6.07, 6.45) is 2.17. The van der Waals surface area contributed by atoms with Crippen LogP contribution in [0.3, 0.4) is 0 Å². The quantitative estimate of drug-likeness (QED) is 0.614. The van der Waals surface area contributed by atoms with Gasteiger partial charge in [-0.3, -0.25) is 0 Å². The van der Waals surface area contributed by atoms with Crippen LogP contribution in [0.1, 0.15) is 46.5 Å². The minimum absolute atomic E-state index is 0.399. The van der Waals surface area contributed by atoms with E-state index in [1.54, 1.807) is 0 Å². The summed E-state index contributed by atoms with van der Waals surface area (Å²) in [6, 6.07) is 0. The van der Waals surface area contributed by atoms with E-state index in [1.807, 2.05) is 20.8 Å². The molecule has 1 atom stereocenters. The molecule has 2 nitrogen and oxygen atoms in total. The summed E-state index contributed by atoms with van der Waals surface area (Å²) in [7, 11) is 0. The average Bonchev–Trinajstić information content (AvgIpc) is 1.88. The molecule has 0 aliphatic rings. The molecule has 2 heteroatoms. The van der Waals surface area contributed by atoms with Crippen LogP contribution >= 0.6 is 0 Å². The lowest BCUT2D eigenvalue weighted by Crippen LogP contribution is -2.42. The molecule has 0 aliphatic heterocycles. The second-order valence-electron chi connectivity index (χ2n) is 3.51. The Hall–Kier alpha value is -0.0800. The fourth-order valence-corrected chi connectivity index (χ4v) is 1.51. The van der Waals surface area contributed by atoms with Gasteiger partial charge in [0, 0.05) is 0 Å². The molecule has 11 heavy (non-hydrogen) atoms. The Bertz CT molecular complexity index is 93.7. The first-order valence-electron chi connectivity index (χ1n) is 4.40. The maximum absolute atomic E-state index is 10.9. The van der Waals surface area contributed by atoms with Crippen LogP contribution < -0.4 is 5.11 Å². The van der Waals surface area contributed by atoms with Gasteiger partial charge in [0.15, 0.2) is 0 Å². The third-order valence-corrected chi connectivity index (χ3v) is 2.24. The first-order chi connectivity index (χ1) is 5.06. The van der Waals surface area contributed by atoms with Crippen LogP contribution in [0, 0.1) is 5.41 Å². The van der Waals surface area contributed by atoms with Crippen molar-refractivity contribution in [3.8, 4) is 0 Å². The van der Waals surface area contributed by atoms with Crippen LogP contribution in [0.5, 0.6) is 0 Å². The average molecular weight is 159 g/mol. The van der Waals surface area contributed by atoms with Crippen LogP contribution in [0.2, 0.25) is 0 Å². The highest BCUT2D eigenvalue weighted by Crippen LogP contribution is 2.30. The third-order valence-electron chi connectivity index (χ3n) is 2.24. The zero-order valence-electron chi connectivity index (χ0n) is 7.76. The van der Waals surface area contributed by atoms with Crippen molar-refractivity contribution in [3.63, 3.8) is 0 Å². The van der Waals surface area contributed by atoms with Gasteiger partial charge < -0.3 is 10.2 Å². The van der Waals surface area contributed by atoms with Gasteiger partial charge in [0.1, 0.15) is 0 Å². The minimum atomic E-state index is -1.41. The van der Waals surface area contributed by atoms with Crippen molar-refractivity contribution in [2.75, 3.05) is 0 Å². The lowest BCUT2D eigenvalue weighted by atomic mass is 9.81. The largest absolute Gasteiger partial charge is 0.831 e. The summed E-state index contributed by atoms with van der Waals surface area (Å²) < 4.78 is 0. The molecule has 0 amide bonds. The Morgan fingerprint density at radius 2 is 1.64 bits per heavy atom. The molecular weight excluding hydrogens is 140 g/mol. The van der Waals surface area contributed by atoms with E-state index in [0.717, 1.165) is 25.7 Å². The van der Waals surface area contributed by atoms with Gasteiger partial charge in [0.25, 0.3) is 0 Å². The first kappa shape index (κ1) is 10.9. The maximum atomic E-state index is 10.9. The molecule has 0 saturated heterocycles. The highest BCUT2D eigenvalue weighted by molar-refractivity contribution is 4.74. The van der Waals surface area contributed by atoms with Gasteiger partial charge in [-0.1, -0.05) is 33.6 Å². The van der Waals surface area contributed by atoms with Crippen LogP contribution in [0.4, 0.5) is 0 Å². The molecule has 0 radical (unpaired) electrons. The Balaban J connectivity index is 4.01. The molecule has 0 aromatic rings. The standard InChI is InChI=1S/C9H19O2/c1-4-6-9(3,7-5-2)8(10)11/h8,10H,4-7H2,1-3H3/q-1. The van der Waals surface area contributed by atoms with Gasteiger partial charge in [0.2, 0.25) is 0 Å². The van der Waals surface area contributed by atoms with Crippen molar-refractivity contribution in [2.24, 2.45) is 5.41 Å². The second kappa shape index (κ2) is 4.73. The van der Waals surface area contributed by atoms with E-state index in [-0.39, 0.29) is 0 Å². The van der Waals surface area contributed by atoms with Crippen molar-refractivity contribution in [1.82, 2.24) is 0 Å². The lowest BCUT2D eigenvalue weighted by Gasteiger charge is -2.38.